The van der Waals surface area contributed by atoms with Gasteiger partial charge in [0.05, 0.1) is 5.69 Å². The quantitative estimate of drug-likeness (QED) is 0.730. The number of hydrogen-bond donors (Lipinski definition) is 1. The fraction of sp³-hybridized carbons (Fsp3) is 0.688. The Bertz CT molecular complexity index is 611. The Morgan fingerprint density at radius 1 is 1.21 bits per heavy atom. The zero-order valence-electron chi connectivity index (χ0n) is 14.9. The van der Waals surface area contributed by atoms with Crippen LogP contribution in [0.5, 0.6) is 0 Å². The van der Waals surface area contributed by atoms with Crippen molar-refractivity contribution in [3.05, 3.63) is 18.5 Å². The molecule has 0 unspecified atom stereocenters. The topological polar surface area (TPSA) is 68.8 Å². The third kappa shape index (κ3) is 4.89. The van der Waals surface area contributed by atoms with Gasteiger partial charge in [0.15, 0.2) is 0 Å². The van der Waals surface area contributed by atoms with Gasteiger partial charge in [-0.1, -0.05) is 13.8 Å². The van der Waals surface area contributed by atoms with Crippen LogP contribution in [0.2, 0.25) is 0 Å². The molecule has 136 valence electrons. The molecule has 8 heteroatoms. The maximum atomic E-state index is 12.7. The Labute approximate surface area is 145 Å². The first-order valence-corrected chi connectivity index (χ1v) is 10.1. The van der Waals surface area contributed by atoms with Crippen LogP contribution in [0, 0.1) is 0 Å². The molecule has 2 rings (SSSR count). The number of piperazine rings is 1. The zero-order valence-corrected chi connectivity index (χ0v) is 15.7. The summed E-state index contributed by atoms with van der Waals surface area (Å²) in [5.74, 6) is 0. The molecule has 2 heterocycles. The lowest BCUT2D eigenvalue weighted by Gasteiger charge is -2.34. The van der Waals surface area contributed by atoms with Gasteiger partial charge in [0.25, 0.3) is 0 Å². The first kappa shape index (κ1) is 19.1. The number of likely N-dealkylation sites (N-methyl/N-ethyl adjacent to an activating group) is 2. The molecule has 1 fully saturated rings. The molecule has 1 aliphatic rings. The number of nitrogens with zero attached hydrogens (tertiary/aromatic N) is 4. The van der Waals surface area contributed by atoms with Crippen LogP contribution in [0.25, 0.3) is 0 Å². The predicted molar refractivity (Wildman–Crippen MR) is 96.9 cm³/mol. The Balaban J connectivity index is 2.09. The highest BCUT2D eigenvalue weighted by Gasteiger charge is 2.24. The molecular formula is C16H29N5O2S. The molecule has 0 amide bonds. The molecule has 7 nitrogen and oxygen atoms in total. The second-order valence-corrected chi connectivity index (χ2v) is 7.79. The van der Waals surface area contributed by atoms with Gasteiger partial charge in [-0.05, 0) is 26.2 Å². The van der Waals surface area contributed by atoms with E-state index in [1.165, 1.54) is 6.20 Å². The maximum absolute atomic E-state index is 12.7. The Kier molecular flexibility index (Phi) is 6.97. The fourth-order valence-corrected chi connectivity index (χ4v) is 4.03. The molecule has 1 aromatic heterocycles. The fourth-order valence-electron chi connectivity index (χ4n) is 2.84. The number of hydrogen-bond acceptors (Lipinski definition) is 6. The van der Waals surface area contributed by atoms with E-state index in [2.05, 4.69) is 45.3 Å². The second kappa shape index (κ2) is 8.75. The van der Waals surface area contributed by atoms with Gasteiger partial charge < -0.3 is 14.7 Å². The molecule has 0 aliphatic carbocycles. The van der Waals surface area contributed by atoms with Crippen molar-refractivity contribution in [3.8, 4) is 0 Å². The smallest absolute Gasteiger partial charge is 0.244 e. The largest absolute Gasteiger partial charge is 0.368 e. The van der Waals surface area contributed by atoms with E-state index >= 15 is 0 Å². The Hall–Kier alpha value is -1.22. The van der Waals surface area contributed by atoms with Crippen molar-refractivity contribution < 1.29 is 8.42 Å². The molecule has 0 radical (unpaired) electrons. The highest BCUT2D eigenvalue weighted by atomic mass is 32.2. The van der Waals surface area contributed by atoms with Gasteiger partial charge >= 0.3 is 0 Å². The van der Waals surface area contributed by atoms with Gasteiger partial charge in [-0.15, -0.1) is 0 Å². The highest BCUT2D eigenvalue weighted by molar-refractivity contribution is 7.89. The lowest BCUT2D eigenvalue weighted by molar-refractivity contribution is 0.308. The minimum Gasteiger partial charge on any atom is -0.368 e. The summed E-state index contributed by atoms with van der Waals surface area (Å²) in [6.45, 7) is 10.6. The van der Waals surface area contributed by atoms with E-state index < -0.39 is 10.0 Å². The van der Waals surface area contributed by atoms with Crippen molar-refractivity contribution >= 4 is 15.7 Å². The van der Waals surface area contributed by atoms with Crippen LogP contribution in [-0.4, -0.2) is 82.6 Å². The van der Waals surface area contributed by atoms with Crippen molar-refractivity contribution in [1.82, 2.24) is 19.5 Å². The third-order valence-electron chi connectivity index (χ3n) is 4.51. The first-order valence-electron chi connectivity index (χ1n) is 8.57. The van der Waals surface area contributed by atoms with Crippen molar-refractivity contribution in [1.29, 1.82) is 0 Å². The summed E-state index contributed by atoms with van der Waals surface area (Å²) in [6, 6.07) is 1.80. The van der Waals surface area contributed by atoms with Gasteiger partial charge in [-0.3, -0.25) is 4.98 Å². The van der Waals surface area contributed by atoms with E-state index in [0.29, 0.717) is 13.1 Å². The van der Waals surface area contributed by atoms with Crippen LogP contribution in [-0.2, 0) is 10.0 Å². The summed E-state index contributed by atoms with van der Waals surface area (Å²) in [5.41, 5.74) is 0.744. The standard InChI is InChI=1S/C16H29N5O2S/c1-4-20(5-2)9-8-18-24(22,23)16-14-17-7-6-15(16)21-12-10-19(3)11-13-21/h6-7,14,18H,4-5,8-13H2,1-3H3. The number of anilines is 1. The zero-order chi connectivity index (χ0) is 17.6. The molecule has 1 N–H and O–H groups in total. The normalized spacial score (nSPS) is 16.8. The minimum absolute atomic E-state index is 0.272. The molecule has 1 saturated heterocycles. The molecule has 1 aliphatic heterocycles. The number of sulfonamides is 1. The Morgan fingerprint density at radius 3 is 2.50 bits per heavy atom. The van der Waals surface area contributed by atoms with Gasteiger partial charge in [-0.2, -0.15) is 0 Å². The Morgan fingerprint density at radius 2 is 1.88 bits per heavy atom. The van der Waals surface area contributed by atoms with Crippen LogP contribution in [0.3, 0.4) is 0 Å². The SMILES string of the molecule is CCN(CC)CCNS(=O)(=O)c1cnccc1N1CCN(C)CC1. The molecule has 0 aromatic carbocycles. The molecule has 1 aromatic rings. The lowest BCUT2D eigenvalue weighted by Crippen LogP contribution is -2.45. The summed E-state index contributed by atoms with van der Waals surface area (Å²) in [7, 11) is -1.48. The highest BCUT2D eigenvalue weighted by Crippen LogP contribution is 2.24. The van der Waals surface area contributed by atoms with Crippen LogP contribution in [0.4, 0.5) is 5.69 Å². The third-order valence-corrected chi connectivity index (χ3v) is 5.99. The number of pyridine rings is 1. The summed E-state index contributed by atoms with van der Waals surface area (Å²) < 4.78 is 28.1. The van der Waals surface area contributed by atoms with Crippen molar-refractivity contribution in [2.45, 2.75) is 18.7 Å². The molecule has 0 bridgehead atoms. The van der Waals surface area contributed by atoms with E-state index in [9.17, 15) is 8.42 Å². The number of nitrogens with one attached hydrogen (secondary N) is 1. The van der Waals surface area contributed by atoms with E-state index in [-0.39, 0.29) is 4.90 Å². The lowest BCUT2D eigenvalue weighted by atomic mass is 10.3. The molecule has 24 heavy (non-hydrogen) atoms. The first-order chi connectivity index (χ1) is 11.5. The van der Waals surface area contributed by atoms with Gasteiger partial charge in [0.2, 0.25) is 10.0 Å². The summed E-state index contributed by atoms with van der Waals surface area (Å²) in [5, 5.41) is 0. The number of rotatable bonds is 8. The van der Waals surface area contributed by atoms with Gasteiger partial charge in [-0.25, -0.2) is 13.1 Å². The molecule has 0 spiro atoms. The van der Waals surface area contributed by atoms with Gasteiger partial charge in [0.1, 0.15) is 4.90 Å². The van der Waals surface area contributed by atoms with Crippen LogP contribution in [0.1, 0.15) is 13.8 Å². The van der Waals surface area contributed by atoms with E-state index in [1.54, 1.807) is 12.3 Å². The average Bonchev–Trinajstić information content (AvgIpc) is 2.59. The van der Waals surface area contributed by atoms with E-state index in [0.717, 1.165) is 45.0 Å². The summed E-state index contributed by atoms with van der Waals surface area (Å²) >= 11 is 0. The van der Waals surface area contributed by atoms with Crippen molar-refractivity contribution in [2.24, 2.45) is 0 Å². The summed E-state index contributed by atoms with van der Waals surface area (Å²) in [6.07, 6.45) is 3.11. The van der Waals surface area contributed by atoms with Crippen LogP contribution in [0.15, 0.2) is 23.4 Å². The minimum atomic E-state index is -3.56. The number of aromatic nitrogens is 1. The van der Waals surface area contributed by atoms with Crippen molar-refractivity contribution in [2.75, 3.05) is 64.3 Å². The molecule has 0 saturated carbocycles. The van der Waals surface area contributed by atoms with Crippen LogP contribution >= 0.6 is 0 Å². The van der Waals surface area contributed by atoms with Crippen LogP contribution < -0.4 is 9.62 Å². The summed E-state index contributed by atoms with van der Waals surface area (Å²) in [4.78, 5) is 10.9. The molecular weight excluding hydrogens is 326 g/mol. The van der Waals surface area contributed by atoms with E-state index in [1.807, 2.05) is 0 Å². The second-order valence-electron chi connectivity index (χ2n) is 6.06. The average molecular weight is 356 g/mol. The van der Waals surface area contributed by atoms with Crippen molar-refractivity contribution in [3.63, 3.8) is 0 Å². The predicted octanol–water partition coefficient (Wildman–Crippen LogP) is 0.454. The maximum Gasteiger partial charge on any atom is 0.244 e. The molecule has 0 atom stereocenters. The monoisotopic (exact) mass is 355 g/mol. The van der Waals surface area contributed by atoms with E-state index in [4.69, 9.17) is 0 Å². The van der Waals surface area contributed by atoms with Gasteiger partial charge in [0, 0.05) is 51.7 Å².